The first-order chi connectivity index (χ1) is 11.2. The van der Waals surface area contributed by atoms with Crippen molar-refractivity contribution in [2.75, 3.05) is 4.90 Å². The summed E-state index contributed by atoms with van der Waals surface area (Å²) in [4.78, 5) is 14.0. The average molecular weight is 331 g/mol. The molecular formula is C16H14FN3O2S. The van der Waals surface area contributed by atoms with Crippen LogP contribution in [-0.2, 0) is 4.79 Å². The molecule has 0 N–H and O–H groups in total. The number of carbonyl (C=O) groups is 1. The summed E-state index contributed by atoms with van der Waals surface area (Å²) in [6.45, 7) is 1.94. The van der Waals surface area contributed by atoms with Gasteiger partial charge in [0.25, 0.3) is 0 Å². The van der Waals surface area contributed by atoms with Crippen LogP contribution in [0.2, 0.25) is 0 Å². The zero-order valence-electron chi connectivity index (χ0n) is 12.3. The lowest BCUT2D eigenvalue weighted by Crippen LogP contribution is -2.31. The Bertz CT molecular complexity index is 741. The van der Waals surface area contributed by atoms with Gasteiger partial charge in [0.05, 0.1) is 23.4 Å². The van der Waals surface area contributed by atoms with E-state index in [9.17, 15) is 9.18 Å². The summed E-state index contributed by atoms with van der Waals surface area (Å²) >= 11 is 1.35. The van der Waals surface area contributed by atoms with Crippen LogP contribution in [0.25, 0.3) is 0 Å². The molecule has 1 amide bonds. The molecule has 23 heavy (non-hydrogen) atoms. The quantitative estimate of drug-likeness (QED) is 0.634. The van der Waals surface area contributed by atoms with E-state index in [0.29, 0.717) is 23.0 Å². The first kappa shape index (κ1) is 15.5. The van der Waals surface area contributed by atoms with Crippen LogP contribution < -0.4 is 4.90 Å². The standard InChI is InChI=1S/C16H14FN3O2S/c1-2-14-15(21)20(12-7-5-11(17)6-8-12)16(23-14)19-18-10-13-4-3-9-22-13/h3-10,14H,2H2,1H3/b18-10-,19-16-/t14-/m1/s1. The van der Waals surface area contributed by atoms with Crippen molar-refractivity contribution in [2.24, 2.45) is 10.2 Å². The molecular weight excluding hydrogens is 317 g/mol. The zero-order chi connectivity index (χ0) is 16.2. The normalized spacial score (nSPS) is 20.1. The predicted molar refractivity (Wildman–Crippen MR) is 89.3 cm³/mol. The third-order valence-electron chi connectivity index (χ3n) is 3.26. The van der Waals surface area contributed by atoms with Crippen LogP contribution >= 0.6 is 11.8 Å². The van der Waals surface area contributed by atoms with Gasteiger partial charge in [0.1, 0.15) is 11.6 Å². The van der Waals surface area contributed by atoms with Crippen molar-refractivity contribution in [3.63, 3.8) is 0 Å². The number of rotatable bonds is 4. The molecule has 0 unspecified atom stereocenters. The number of amides is 1. The van der Waals surface area contributed by atoms with Crippen molar-refractivity contribution in [1.29, 1.82) is 0 Å². The molecule has 7 heteroatoms. The number of amidine groups is 1. The minimum absolute atomic E-state index is 0.0731. The van der Waals surface area contributed by atoms with Crippen molar-refractivity contribution in [3.8, 4) is 0 Å². The van der Waals surface area contributed by atoms with Crippen molar-refractivity contribution in [2.45, 2.75) is 18.6 Å². The summed E-state index contributed by atoms with van der Waals surface area (Å²) in [6.07, 6.45) is 3.70. The Hall–Kier alpha value is -2.41. The van der Waals surface area contributed by atoms with Crippen LogP contribution in [0.1, 0.15) is 19.1 Å². The van der Waals surface area contributed by atoms with E-state index in [1.54, 1.807) is 30.5 Å². The highest BCUT2D eigenvalue weighted by molar-refractivity contribution is 8.16. The first-order valence-electron chi connectivity index (χ1n) is 7.09. The molecule has 2 aromatic rings. The largest absolute Gasteiger partial charge is 0.463 e. The molecule has 118 valence electrons. The molecule has 1 atom stereocenters. The summed E-state index contributed by atoms with van der Waals surface area (Å²) < 4.78 is 18.2. The van der Waals surface area contributed by atoms with Gasteiger partial charge in [0.15, 0.2) is 5.17 Å². The number of benzene rings is 1. The SMILES string of the molecule is CC[C@H]1S/C(=N\N=C/c2ccco2)N(c2ccc(F)cc2)C1=O. The number of furan rings is 1. The third-order valence-corrected chi connectivity index (χ3v) is 4.56. The van der Waals surface area contributed by atoms with Gasteiger partial charge in [-0.1, -0.05) is 18.7 Å². The number of halogens is 1. The van der Waals surface area contributed by atoms with Gasteiger partial charge in [-0.15, -0.1) is 5.10 Å². The Morgan fingerprint density at radius 1 is 1.35 bits per heavy atom. The van der Waals surface area contributed by atoms with E-state index in [1.165, 1.54) is 35.0 Å². The molecule has 1 aromatic carbocycles. The third kappa shape index (κ3) is 3.34. The van der Waals surface area contributed by atoms with Crippen molar-refractivity contribution in [3.05, 3.63) is 54.2 Å². The van der Waals surface area contributed by atoms with E-state index < -0.39 is 0 Å². The van der Waals surface area contributed by atoms with Crippen molar-refractivity contribution >= 4 is 34.7 Å². The number of anilines is 1. The van der Waals surface area contributed by atoms with Crippen LogP contribution in [0.15, 0.2) is 57.3 Å². The van der Waals surface area contributed by atoms with E-state index in [2.05, 4.69) is 10.2 Å². The van der Waals surface area contributed by atoms with Crippen molar-refractivity contribution in [1.82, 2.24) is 0 Å². The molecule has 0 bridgehead atoms. The maximum atomic E-state index is 13.1. The van der Waals surface area contributed by atoms with Gasteiger partial charge in [0.2, 0.25) is 5.91 Å². The monoisotopic (exact) mass is 331 g/mol. The lowest BCUT2D eigenvalue weighted by molar-refractivity contribution is -0.116. The highest BCUT2D eigenvalue weighted by atomic mass is 32.2. The highest BCUT2D eigenvalue weighted by Gasteiger charge is 2.38. The second-order valence-corrected chi connectivity index (χ2v) is 5.98. The molecule has 0 spiro atoms. The van der Waals surface area contributed by atoms with Crippen LogP contribution in [0, 0.1) is 5.82 Å². The summed E-state index contributed by atoms with van der Waals surface area (Å²) in [5.41, 5.74) is 0.576. The molecule has 1 aliphatic heterocycles. The molecule has 2 heterocycles. The lowest BCUT2D eigenvalue weighted by Gasteiger charge is -2.15. The molecule has 1 saturated heterocycles. The summed E-state index contributed by atoms with van der Waals surface area (Å²) in [5, 5.41) is 8.36. The Morgan fingerprint density at radius 3 is 2.78 bits per heavy atom. The number of carbonyl (C=O) groups excluding carboxylic acids is 1. The fraction of sp³-hybridized carbons (Fsp3) is 0.188. The van der Waals surface area contributed by atoms with Crippen LogP contribution in [0.4, 0.5) is 10.1 Å². The average Bonchev–Trinajstić information content (AvgIpc) is 3.17. The Kier molecular flexibility index (Phi) is 4.57. The molecule has 5 nitrogen and oxygen atoms in total. The summed E-state index contributed by atoms with van der Waals surface area (Å²) in [7, 11) is 0. The summed E-state index contributed by atoms with van der Waals surface area (Å²) in [6, 6.07) is 9.24. The van der Waals surface area contributed by atoms with Gasteiger partial charge in [0, 0.05) is 0 Å². The molecule has 1 aliphatic rings. The summed E-state index contributed by atoms with van der Waals surface area (Å²) in [5.74, 6) is 0.148. The fourth-order valence-electron chi connectivity index (χ4n) is 2.12. The van der Waals surface area contributed by atoms with E-state index in [4.69, 9.17) is 4.42 Å². The second kappa shape index (κ2) is 6.78. The molecule has 0 radical (unpaired) electrons. The topological polar surface area (TPSA) is 58.2 Å². The number of hydrogen-bond acceptors (Lipinski definition) is 5. The fourth-order valence-corrected chi connectivity index (χ4v) is 3.15. The Morgan fingerprint density at radius 2 is 2.13 bits per heavy atom. The highest BCUT2D eigenvalue weighted by Crippen LogP contribution is 2.33. The molecule has 0 saturated carbocycles. The molecule has 0 aliphatic carbocycles. The zero-order valence-corrected chi connectivity index (χ0v) is 13.2. The van der Waals surface area contributed by atoms with Crippen LogP contribution in [-0.4, -0.2) is 22.5 Å². The minimum atomic E-state index is -0.352. The maximum Gasteiger partial charge on any atom is 0.246 e. The number of nitrogens with zero attached hydrogens (tertiary/aromatic N) is 3. The van der Waals surface area contributed by atoms with Gasteiger partial charge in [-0.3, -0.25) is 9.69 Å². The number of thioether (sulfide) groups is 1. The van der Waals surface area contributed by atoms with Crippen molar-refractivity contribution < 1.29 is 13.6 Å². The van der Waals surface area contributed by atoms with E-state index in [-0.39, 0.29) is 17.0 Å². The predicted octanol–water partition coefficient (Wildman–Crippen LogP) is 3.67. The van der Waals surface area contributed by atoms with E-state index in [1.807, 2.05) is 6.92 Å². The van der Waals surface area contributed by atoms with Gasteiger partial charge in [-0.2, -0.15) is 5.10 Å². The van der Waals surface area contributed by atoms with Gasteiger partial charge < -0.3 is 4.42 Å². The minimum Gasteiger partial charge on any atom is -0.463 e. The molecule has 1 fully saturated rings. The lowest BCUT2D eigenvalue weighted by atomic mass is 10.2. The van der Waals surface area contributed by atoms with Crippen LogP contribution in [0.5, 0.6) is 0 Å². The second-order valence-electron chi connectivity index (χ2n) is 4.81. The maximum absolute atomic E-state index is 13.1. The Balaban J connectivity index is 1.89. The first-order valence-corrected chi connectivity index (χ1v) is 7.97. The van der Waals surface area contributed by atoms with E-state index in [0.717, 1.165) is 0 Å². The smallest absolute Gasteiger partial charge is 0.246 e. The Labute approximate surface area is 136 Å². The van der Waals surface area contributed by atoms with Gasteiger partial charge in [-0.25, -0.2) is 4.39 Å². The van der Waals surface area contributed by atoms with Crippen LogP contribution in [0.3, 0.4) is 0 Å². The molecule has 1 aromatic heterocycles. The van der Waals surface area contributed by atoms with E-state index >= 15 is 0 Å². The number of hydrogen-bond donors (Lipinski definition) is 0. The molecule has 3 rings (SSSR count). The van der Waals surface area contributed by atoms with Gasteiger partial charge >= 0.3 is 0 Å². The van der Waals surface area contributed by atoms with Gasteiger partial charge in [-0.05, 0) is 42.8 Å².